The van der Waals surface area contributed by atoms with Gasteiger partial charge < -0.3 is 5.11 Å². The highest BCUT2D eigenvalue weighted by molar-refractivity contribution is 5.66. The smallest absolute Gasteiger partial charge is 0.303 e. The number of unbranched alkanes of at least 4 members (excludes halogenated alkanes) is 4. The van der Waals surface area contributed by atoms with Crippen LogP contribution in [0, 0.1) is 0 Å². The summed E-state index contributed by atoms with van der Waals surface area (Å²) in [6.45, 7) is 2.11. The normalized spacial score (nSPS) is 13.5. The number of carboxylic acids is 1. The van der Waals surface area contributed by atoms with Gasteiger partial charge in [-0.2, -0.15) is 0 Å². The minimum absolute atomic E-state index is 0.255. The first-order valence-electron chi connectivity index (χ1n) is 8.21. The van der Waals surface area contributed by atoms with Gasteiger partial charge in [-0.05, 0) is 25.7 Å². The lowest BCUT2D eigenvalue weighted by molar-refractivity contribution is -0.267. The Kier molecular flexibility index (Phi) is 15.0. The molecule has 4 heteroatoms. The molecule has 0 rings (SSSR count). The van der Waals surface area contributed by atoms with E-state index in [0.29, 0.717) is 0 Å². The Labute approximate surface area is 134 Å². The topological polar surface area (TPSA) is 66.8 Å². The largest absolute Gasteiger partial charge is 0.481 e. The zero-order valence-corrected chi connectivity index (χ0v) is 13.6. The van der Waals surface area contributed by atoms with Gasteiger partial charge in [-0.1, -0.05) is 69.1 Å². The Morgan fingerprint density at radius 1 is 1.05 bits per heavy atom. The SMILES string of the molecule is CC/C=C/C/C=C/C=C/C(CCCCCCCC(=O)O)OO. The number of aliphatic carboxylic acids is 1. The summed E-state index contributed by atoms with van der Waals surface area (Å²) in [5.41, 5.74) is 0. The summed E-state index contributed by atoms with van der Waals surface area (Å²) in [5, 5.41) is 17.4. The summed E-state index contributed by atoms with van der Waals surface area (Å²) in [6.07, 6.45) is 19.5. The molecule has 126 valence electrons. The molecule has 0 fully saturated rings. The van der Waals surface area contributed by atoms with Crippen LogP contribution in [0.25, 0.3) is 0 Å². The third kappa shape index (κ3) is 15.0. The number of carboxylic acid groups (broad SMARTS) is 1. The predicted molar refractivity (Wildman–Crippen MR) is 89.8 cm³/mol. The van der Waals surface area contributed by atoms with E-state index in [4.69, 9.17) is 10.4 Å². The van der Waals surface area contributed by atoms with Gasteiger partial charge in [-0.3, -0.25) is 10.1 Å². The molecule has 0 aromatic carbocycles. The van der Waals surface area contributed by atoms with Crippen molar-refractivity contribution in [2.75, 3.05) is 0 Å². The van der Waals surface area contributed by atoms with E-state index in [9.17, 15) is 4.79 Å². The fraction of sp³-hybridized carbons (Fsp3) is 0.611. The highest BCUT2D eigenvalue weighted by Gasteiger charge is 2.03. The lowest BCUT2D eigenvalue weighted by Gasteiger charge is -2.08. The van der Waals surface area contributed by atoms with Gasteiger partial charge in [0.15, 0.2) is 0 Å². The van der Waals surface area contributed by atoms with Crippen LogP contribution in [0.15, 0.2) is 36.5 Å². The predicted octanol–water partition coefficient (Wildman–Crippen LogP) is 5.13. The molecule has 22 heavy (non-hydrogen) atoms. The van der Waals surface area contributed by atoms with Crippen molar-refractivity contribution in [3.05, 3.63) is 36.5 Å². The summed E-state index contributed by atoms with van der Waals surface area (Å²) in [6, 6.07) is 0. The first kappa shape index (κ1) is 20.6. The van der Waals surface area contributed by atoms with Crippen molar-refractivity contribution in [2.45, 2.75) is 70.8 Å². The van der Waals surface area contributed by atoms with Gasteiger partial charge >= 0.3 is 5.97 Å². The van der Waals surface area contributed by atoms with Gasteiger partial charge in [0.25, 0.3) is 0 Å². The van der Waals surface area contributed by atoms with Crippen LogP contribution in [0.3, 0.4) is 0 Å². The molecule has 1 atom stereocenters. The average Bonchev–Trinajstić information content (AvgIpc) is 2.50. The van der Waals surface area contributed by atoms with Crippen molar-refractivity contribution in [1.29, 1.82) is 0 Å². The number of rotatable bonds is 14. The molecule has 0 aliphatic rings. The maximum absolute atomic E-state index is 10.4. The van der Waals surface area contributed by atoms with Gasteiger partial charge in [-0.25, -0.2) is 4.89 Å². The third-order valence-electron chi connectivity index (χ3n) is 3.26. The van der Waals surface area contributed by atoms with Crippen molar-refractivity contribution in [3.63, 3.8) is 0 Å². The number of carbonyl (C=O) groups is 1. The van der Waals surface area contributed by atoms with Crippen LogP contribution >= 0.6 is 0 Å². The Morgan fingerprint density at radius 2 is 1.77 bits per heavy atom. The minimum Gasteiger partial charge on any atom is -0.481 e. The van der Waals surface area contributed by atoms with Gasteiger partial charge in [-0.15, -0.1) is 0 Å². The van der Waals surface area contributed by atoms with Crippen LogP contribution < -0.4 is 0 Å². The molecule has 0 radical (unpaired) electrons. The molecular weight excluding hydrogens is 280 g/mol. The van der Waals surface area contributed by atoms with Crippen LogP contribution in [0.2, 0.25) is 0 Å². The van der Waals surface area contributed by atoms with Crippen LogP contribution in [0.5, 0.6) is 0 Å². The molecule has 0 spiro atoms. The van der Waals surface area contributed by atoms with E-state index in [1.54, 1.807) is 0 Å². The fourth-order valence-electron chi connectivity index (χ4n) is 2.02. The Balaban J connectivity index is 3.65. The summed E-state index contributed by atoms with van der Waals surface area (Å²) >= 11 is 0. The van der Waals surface area contributed by atoms with E-state index in [-0.39, 0.29) is 12.5 Å². The van der Waals surface area contributed by atoms with Gasteiger partial charge in [0.2, 0.25) is 0 Å². The molecule has 0 aromatic heterocycles. The molecule has 0 amide bonds. The first-order chi connectivity index (χ1) is 10.7. The molecule has 1 unspecified atom stereocenters. The molecule has 0 aliphatic carbocycles. The minimum atomic E-state index is -0.725. The highest BCUT2D eigenvalue weighted by Crippen LogP contribution is 2.11. The monoisotopic (exact) mass is 310 g/mol. The van der Waals surface area contributed by atoms with Crippen LogP contribution in [-0.2, 0) is 9.68 Å². The van der Waals surface area contributed by atoms with E-state index in [0.717, 1.165) is 51.4 Å². The van der Waals surface area contributed by atoms with Crippen molar-refractivity contribution in [3.8, 4) is 0 Å². The second kappa shape index (κ2) is 16.0. The highest BCUT2D eigenvalue weighted by atomic mass is 17.1. The van der Waals surface area contributed by atoms with Crippen molar-refractivity contribution < 1.29 is 20.0 Å². The zero-order valence-electron chi connectivity index (χ0n) is 13.6. The molecule has 0 saturated carbocycles. The maximum atomic E-state index is 10.4. The fourth-order valence-corrected chi connectivity index (χ4v) is 2.02. The van der Waals surface area contributed by atoms with E-state index in [2.05, 4.69) is 30.0 Å². The first-order valence-corrected chi connectivity index (χ1v) is 8.21. The molecule has 0 saturated heterocycles. The quantitative estimate of drug-likeness (QED) is 0.153. The summed E-state index contributed by atoms with van der Waals surface area (Å²) in [7, 11) is 0. The molecule has 0 bridgehead atoms. The second-order valence-corrected chi connectivity index (χ2v) is 5.27. The van der Waals surface area contributed by atoms with Crippen LogP contribution in [-0.4, -0.2) is 22.4 Å². The summed E-state index contributed by atoms with van der Waals surface area (Å²) in [4.78, 5) is 14.8. The summed E-state index contributed by atoms with van der Waals surface area (Å²) < 4.78 is 0. The van der Waals surface area contributed by atoms with Gasteiger partial charge in [0.1, 0.15) is 6.10 Å². The molecule has 0 aromatic rings. The Morgan fingerprint density at radius 3 is 2.45 bits per heavy atom. The van der Waals surface area contributed by atoms with Crippen molar-refractivity contribution in [1.82, 2.24) is 0 Å². The molecular formula is C18H30O4. The van der Waals surface area contributed by atoms with Crippen molar-refractivity contribution in [2.24, 2.45) is 0 Å². The van der Waals surface area contributed by atoms with Crippen molar-refractivity contribution >= 4 is 5.97 Å². The molecule has 4 nitrogen and oxygen atoms in total. The van der Waals surface area contributed by atoms with E-state index in [1.807, 2.05) is 18.2 Å². The standard InChI is InChI=1S/C18H30O4/c1-2-3-4-5-6-8-11-14-17(22-21)15-12-9-7-10-13-16-18(19)20/h3-4,6,8,11,14,17,21H,2,5,7,9-10,12-13,15-16H2,1H3,(H,19,20)/b4-3+,8-6+,14-11+. The summed E-state index contributed by atoms with van der Waals surface area (Å²) in [5.74, 6) is -0.725. The van der Waals surface area contributed by atoms with Gasteiger partial charge in [0.05, 0.1) is 0 Å². The third-order valence-corrected chi connectivity index (χ3v) is 3.26. The Hall–Kier alpha value is -1.39. The molecule has 0 aliphatic heterocycles. The van der Waals surface area contributed by atoms with Crippen LogP contribution in [0.4, 0.5) is 0 Å². The van der Waals surface area contributed by atoms with E-state index >= 15 is 0 Å². The number of hydrogen-bond donors (Lipinski definition) is 2. The van der Waals surface area contributed by atoms with E-state index < -0.39 is 5.97 Å². The number of hydrogen-bond acceptors (Lipinski definition) is 3. The number of allylic oxidation sites excluding steroid dienone is 5. The van der Waals surface area contributed by atoms with E-state index in [1.165, 1.54) is 0 Å². The second-order valence-electron chi connectivity index (χ2n) is 5.27. The van der Waals surface area contributed by atoms with Crippen LogP contribution in [0.1, 0.15) is 64.7 Å². The zero-order chi connectivity index (χ0) is 16.5. The van der Waals surface area contributed by atoms with Gasteiger partial charge in [0, 0.05) is 6.42 Å². The maximum Gasteiger partial charge on any atom is 0.303 e. The Bertz CT molecular complexity index is 345. The molecule has 0 heterocycles. The average molecular weight is 310 g/mol. The molecule has 2 N–H and O–H groups in total. The lowest BCUT2D eigenvalue weighted by Crippen LogP contribution is -2.06. The lowest BCUT2D eigenvalue weighted by atomic mass is 10.1.